The normalized spacial score (nSPS) is 8.67. The zero-order valence-corrected chi connectivity index (χ0v) is 10.6. The lowest BCUT2D eigenvalue weighted by molar-refractivity contribution is -0.384. The standard InChI is InChI=1S/C8H9NO4.C3H6O2/c1-12-7-4-3-6(9(10)11)5-8(7)13-2;1-3(4)5-2/h3-5H,1-2H3;1-2H3. The number of methoxy groups -OCH3 is 3. The van der Waals surface area contributed by atoms with E-state index < -0.39 is 4.92 Å². The van der Waals surface area contributed by atoms with Crippen LogP contribution in [0.1, 0.15) is 6.92 Å². The maximum absolute atomic E-state index is 10.4. The largest absolute Gasteiger partial charge is 0.493 e. The molecule has 0 saturated carbocycles. The number of esters is 1. The first-order valence-electron chi connectivity index (χ1n) is 4.87. The Bertz CT molecular complexity index is 418. The Kier molecular flexibility index (Phi) is 6.87. The van der Waals surface area contributed by atoms with Crippen LogP contribution in [0.3, 0.4) is 0 Å². The maximum atomic E-state index is 10.4. The van der Waals surface area contributed by atoms with Crippen LogP contribution in [0.15, 0.2) is 18.2 Å². The molecule has 0 amide bonds. The molecule has 7 heteroatoms. The molecule has 0 aromatic heterocycles. The minimum absolute atomic E-state index is 0.0161. The number of hydrogen-bond donors (Lipinski definition) is 0. The number of benzene rings is 1. The molecule has 0 radical (unpaired) electrons. The molecule has 0 saturated heterocycles. The van der Waals surface area contributed by atoms with Crippen LogP contribution in [0.5, 0.6) is 11.5 Å². The lowest BCUT2D eigenvalue weighted by Crippen LogP contribution is -1.93. The van der Waals surface area contributed by atoms with E-state index in [0.29, 0.717) is 11.5 Å². The van der Waals surface area contributed by atoms with Gasteiger partial charge in [0.25, 0.3) is 5.69 Å². The summed E-state index contributed by atoms with van der Waals surface area (Å²) in [5, 5.41) is 10.4. The molecule has 100 valence electrons. The second-order valence-electron chi connectivity index (χ2n) is 2.99. The molecule has 0 aliphatic carbocycles. The Hall–Kier alpha value is -2.31. The number of ether oxygens (including phenoxy) is 3. The highest BCUT2D eigenvalue weighted by molar-refractivity contribution is 5.65. The number of nitrogens with zero attached hydrogens (tertiary/aromatic N) is 1. The summed E-state index contributed by atoms with van der Waals surface area (Å²) in [6, 6.07) is 4.18. The maximum Gasteiger partial charge on any atom is 0.302 e. The van der Waals surface area contributed by atoms with Gasteiger partial charge in [0, 0.05) is 13.0 Å². The number of carbonyl (C=O) groups excluding carboxylic acids is 1. The SMILES string of the molecule is COC(C)=O.COc1ccc([N+](=O)[O-])cc1OC. The van der Waals surface area contributed by atoms with Crippen LogP contribution < -0.4 is 9.47 Å². The van der Waals surface area contributed by atoms with Crippen molar-refractivity contribution in [2.75, 3.05) is 21.3 Å². The van der Waals surface area contributed by atoms with E-state index in [4.69, 9.17) is 9.47 Å². The van der Waals surface area contributed by atoms with E-state index in [0.717, 1.165) is 0 Å². The first-order valence-corrected chi connectivity index (χ1v) is 4.87. The third-order valence-corrected chi connectivity index (χ3v) is 1.87. The molecular weight excluding hydrogens is 242 g/mol. The van der Waals surface area contributed by atoms with Gasteiger partial charge in [-0.2, -0.15) is 0 Å². The van der Waals surface area contributed by atoms with E-state index in [1.54, 1.807) is 0 Å². The first kappa shape index (κ1) is 15.7. The van der Waals surface area contributed by atoms with Crippen molar-refractivity contribution in [3.63, 3.8) is 0 Å². The summed E-state index contributed by atoms with van der Waals surface area (Å²) < 4.78 is 13.9. The average molecular weight is 257 g/mol. The predicted octanol–water partition coefficient (Wildman–Crippen LogP) is 1.79. The molecule has 18 heavy (non-hydrogen) atoms. The van der Waals surface area contributed by atoms with E-state index in [1.807, 2.05) is 0 Å². The van der Waals surface area contributed by atoms with Crippen LogP contribution in [0, 0.1) is 10.1 Å². The molecule has 0 unspecified atom stereocenters. The Morgan fingerprint density at radius 2 is 1.67 bits per heavy atom. The van der Waals surface area contributed by atoms with E-state index in [9.17, 15) is 14.9 Å². The Morgan fingerprint density at radius 3 is 2.00 bits per heavy atom. The average Bonchev–Trinajstić information content (AvgIpc) is 2.38. The molecule has 0 aliphatic heterocycles. The smallest absolute Gasteiger partial charge is 0.302 e. The monoisotopic (exact) mass is 257 g/mol. The van der Waals surface area contributed by atoms with Crippen molar-refractivity contribution < 1.29 is 23.9 Å². The van der Waals surface area contributed by atoms with E-state index in [-0.39, 0.29) is 11.7 Å². The fourth-order valence-corrected chi connectivity index (χ4v) is 0.938. The minimum atomic E-state index is -0.484. The van der Waals surface area contributed by atoms with Crippen molar-refractivity contribution in [2.45, 2.75) is 6.92 Å². The van der Waals surface area contributed by atoms with Crippen molar-refractivity contribution in [3.05, 3.63) is 28.3 Å². The minimum Gasteiger partial charge on any atom is -0.493 e. The number of carbonyl (C=O) groups is 1. The molecule has 0 spiro atoms. The molecule has 0 atom stereocenters. The van der Waals surface area contributed by atoms with Crippen LogP contribution in [-0.4, -0.2) is 32.2 Å². The van der Waals surface area contributed by atoms with Crippen molar-refractivity contribution in [3.8, 4) is 11.5 Å². The molecule has 1 aromatic rings. The molecule has 0 fully saturated rings. The van der Waals surface area contributed by atoms with Gasteiger partial charge in [-0.3, -0.25) is 14.9 Å². The van der Waals surface area contributed by atoms with Gasteiger partial charge in [0.15, 0.2) is 11.5 Å². The Labute approximate surface area is 104 Å². The third-order valence-electron chi connectivity index (χ3n) is 1.87. The molecular formula is C11H15NO6. The van der Waals surface area contributed by atoms with Gasteiger partial charge in [-0.15, -0.1) is 0 Å². The molecule has 0 bridgehead atoms. The number of hydrogen-bond acceptors (Lipinski definition) is 6. The van der Waals surface area contributed by atoms with Gasteiger partial charge >= 0.3 is 5.97 Å². The summed E-state index contributed by atoms with van der Waals surface area (Å²) in [6.07, 6.45) is 0. The molecule has 0 aliphatic rings. The molecule has 0 heterocycles. The fraction of sp³-hybridized carbons (Fsp3) is 0.364. The lowest BCUT2D eigenvalue weighted by atomic mass is 10.3. The van der Waals surface area contributed by atoms with Crippen LogP contribution in [0.25, 0.3) is 0 Å². The summed E-state index contributed by atoms with van der Waals surface area (Å²) in [4.78, 5) is 19.5. The van der Waals surface area contributed by atoms with Crippen molar-refractivity contribution >= 4 is 11.7 Å². The van der Waals surface area contributed by atoms with Crippen LogP contribution in [0.4, 0.5) is 5.69 Å². The van der Waals surface area contributed by atoms with Crippen molar-refractivity contribution in [2.24, 2.45) is 0 Å². The van der Waals surface area contributed by atoms with Crippen molar-refractivity contribution in [1.82, 2.24) is 0 Å². The first-order chi connectivity index (χ1) is 8.46. The highest BCUT2D eigenvalue weighted by Crippen LogP contribution is 2.30. The fourth-order valence-electron chi connectivity index (χ4n) is 0.938. The quantitative estimate of drug-likeness (QED) is 0.466. The Balaban J connectivity index is 0.000000494. The highest BCUT2D eigenvalue weighted by atomic mass is 16.6. The topological polar surface area (TPSA) is 87.9 Å². The van der Waals surface area contributed by atoms with Gasteiger partial charge in [0.2, 0.25) is 0 Å². The van der Waals surface area contributed by atoms with Gasteiger partial charge in [-0.05, 0) is 6.07 Å². The summed E-state index contributed by atoms with van der Waals surface area (Å²) in [5.41, 5.74) is -0.0161. The Morgan fingerprint density at radius 1 is 1.17 bits per heavy atom. The zero-order valence-electron chi connectivity index (χ0n) is 10.6. The molecule has 1 rings (SSSR count). The number of nitro benzene ring substituents is 1. The van der Waals surface area contributed by atoms with Crippen molar-refractivity contribution in [1.29, 1.82) is 0 Å². The molecule has 1 aromatic carbocycles. The number of non-ortho nitro benzene ring substituents is 1. The van der Waals surface area contributed by atoms with Crippen LogP contribution >= 0.6 is 0 Å². The molecule has 0 N–H and O–H groups in total. The van der Waals surface area contributed by atoms with E-state index >= 15 is 0 Å². The second-order valence-corrected chi connectivity index (χ2v) is 2.99. The summed E-state index contributed by atoms with van der Waals surface area (Å²) >= 11 is 0. The van der Waals surface area contributed by atoms with Gasteiger partial charge in [0.05, 0.1) is 32.3 Å². The van der Waals surface area contributed by atoms with Crippen LogP contribution in [-0.2, 0) is 9.53 Å². The zero-order chi connectivity index (χ0) is 14.1. The van der Waals surface area contributed by atoms with Crippen LogP contribution in [0.2, 0.25) is 0 Å². The predicted molar refractivity (Wildman–Crippen MR) is 63.9 cm³/mol. The van der Waals surface area contributed by atoms with Gasteiger partial charge in [-0.25, -0.2) is 0 Å². The molecule has 7 nitrogen and oxygen atoms in total. The lowest BCUT2D eigenvalue weighted by Gasteiger charge is -2.05. The second kappa shape index (κ2) is 7.88. The van der Waals surface area contributed by atoms with Gasteiger partial charge in [-0.1, -0.05) is 0 Å². The number of nitro groups is 1. The van der Waals surface area contributed by atoms with Gasteiger partial charge < -0.3 is 14.2 Å². The summed E-state index contributed by atoms with van der Waals surface area (Å²) in [7, 11) is 4.26. The summed E-state index contributed by atoms with van der Waals surface area (Å²) in [5.74, 6) is 0.592. The number of rotatable bonds is 3. The van der Waals surface area contributed by atoms with Gasteiger partial charge in [0.1, 0.15) is 0 Å². The van der Waals surface area contributed by atoms with E-state index in [1.165, 1.54) is 46.5 Å². The third kappa shape index (κ3) is 5.15. The summed E-state index contributed by atoms with van der Waals surface area (Å²) in [6.45, 7) is 1.36. The van der Waals surface area contributed by atoms with E-state index in [2.05, 4.69) is 4.74 Å². The highest BCUT2D eigenvalue weighted by Gasteiger charge is 2.10.